The Morgan fingerprint density at radius 1 is 1.26 bits per heavy atom. The Hall–Kier alpha value is -2.04. The molecule has 0 aliphatic rings. The number of nitrogens with zero attached hydrogens (tertiary/aromatic N) is 2. The molecule has 0 spiro atoms. The van der Waals surface area contributed by atoms with Crippen molar-refractivity contribution in [2.45, 2.75) is 33.1 Å². The Kier molecular flexibility index (Phi) is 3.00. The number of hydrogen-bond donors (Lipinski definition) is 2. The van der Waals surface area contributed by atoms with Gasteiger partial charge in [-0.15, -0.1) is 0 Å². The Labute approximate surface area is 112 Å². The van der Waals surface area contributed by atoms with E-state index in [2.05, 4.69) is 4.98 Å². The highest BCUT2D eigenvalue weighted by Crippen LogP contribution is 2.32. The van der Waals surface area contributed by atoms with Crippen molar-refractivity contribution in [3.63, 3.8) is 0 Å². The SMILES string of the molecule is Cc1cc(F)ccc1-c1nc(C(C)(C)C)n(N)c1N. The van der Waals surface area contributed by atoms with Crippen molar-refractivity contribution >= 4 is 5.82 Å². The van der Waals surface area contributed by atoms with Crippen LogP contribution in [0, 0.1) is 12.7 Å². The number of benzene rings is 1. The van der Waals surface area contributed by atoms with Gasteiger partial charge in [0.1, 0.15) is 17.3 Å². The average Bonchev–Trinajstić information content (AvgIpc) is 2.56. The highest BCUT2D eigenvalue weighted by Gasteiger charge is 2.25. The van der Waals surface area contributed by atoms with Gasteiger partial charge in [0.15, 0.2) is 5.82 Å². The summed E-state index contributed by atoms with van der Waals surface area (Å²) in [5, 5.41) is 0. The largest absolute Gasteiger partial charge is 0.382 e. The first-order valence-corrected chi connectivity index (χ1v) is 6.12. The van der Waals surface area contributed by atoms with E-state index in [1.807, 2.05) is 27.7 Å². The number of anilines is 1. The van der Waals surface area contributed by atoms with Crippen LogP contribution in [0.25, 0.3) is 11.3 Å². The molecule has 0 radical (unpaired) electrons. The number of hydrogen-bond acceptors (Lipinski definition) is 3. The maximum absolute atomic E-state index is 13.2. The third-order valence-electron chi connectivity index (χ3n) is 3.06. The number of rotatable bonds is 1. The van der Waals surface area contributed by atoms with Crippen LogP contribution in [0.15, 0.2) is 18.2 Å². The summed E-state index contributed by atoms with van der Waals surface area (Å²) >= 11 is 0. The molecule has 19 heavy (non-hydrogen) atoms. The summed E-state index contributed by atoms with van der Waals surface area (Å²) < 4.78 is 14.6. The first-order chi connectivity index (χ1) is 8.71. The number of aromatic nitrogens is 2. The standard InChI is InChI=1S/C14H19FN4/c1-8-7-9(15)5-6-10(8)11-12(16)19(17)13(18-11)14(2,3)4/h5-7H,16-17H2,1-4H3. The minimum Gasteiger partial charge on any atom is -0.382 e. The Balaban J connectivity index is 2.64. The predicted octanol–water partition coefficient (Wildman–Crippen LogP) is 2.59. The Morgan fingerprint density at radius 3 is 2.37 bits per heavy atom. The molecule has 102 valence electrons. The third kappa shape index (κ3) is 2.28. The van der Waals surface area contributed by atoms with Crippen molar-refractivity contribution in [1.29, 1.82) is 0 Å². The van der Waals surface area contributed by atoms with Crippen molar-refractivity contribution in [1.82, 2.24) is 9.66 Å². The Bertz CT molecular complexity index is 623. The van der Waals surface area contributed by atoms with Crippen molar-refractivity contribution in [3.8, 4) is 11.3 Å². The molecule has 0 unspecified atom stereocenters. The van der Waals surface area contributed by atoms with Crippen molar-refractivity contribution in [3.05, 3.63) is 35.4 Å². The number of halogens is 1. The molecule has 0 saturated carbocycles. The fourth-order valence-corrected chi connectivity index (χ4v) is 2.07. The predicted molar refractivity (Wildman–Crippen MR) is 75.6 cm³/mol. The summed E-state index contributed by atoms with van der Waals surface area (Å²) in [5.74, 6) is 6.77. The van der Waals surface area contributed by atoms with E-state index >= 15 is 0 Å². The first-order valence-electron chi connectivity index (χ1n) is 6.12. The first kappa shape index (κ1) is 13.4. The molecule has 0 bridgehead atoms. The number of aryl methyl sites for hydroxylation is 1. The highest BCUT2D eigenvalue weighted by atomic mass is 19.1. The summed E-state index contributed by atoms with van der Waals surface area (Å²) in [7, 11) is 0. The van der Waals surface area contributed by atoms with E-state index in [4.69, 9.17) is 11.6 Å². The molecule has 5 heteroatoms. The van der Waals surface area contributed by atoms with E-state index < -0.39 is 0 Å². The summed E-state index contributed by atoms with van der Waals surface area (Å²) in [6.45, 7) is 7.86. The minimum atomic E-state index is -0.275. The van der Waals surface area contributed by atoms with Gasteiger partial charge in [0.25, 0.3) is 0 Å². The highest BCUT2D eigenvalue weighted by molar-refractivity contribution is 5.73. The van der Waals surface area contributed by atoms with Gasteiger partial charge in [-0.05, 0) is 30.7 Å². The molecule has 1 aromatic heterocycles. The van der Waals surface area contributed by atoms with Crippen LogP contribution in [-0.2, 0) is 5.41 Å². The molecule has 0 saturated heterocycles. The lowest BCUT2D eigenvalue weighted by Gasteiger charge is -2.17. The van der Waals surface area contributed by atoms with E-state index in [0.29, 0.717) is 17.3 Å². The lowest BCUT2D eigenvalue weighted by molar-refractivity contribution is 0.532. The van der Waals surface area contributed by atoms with Crippen molar-refractivity contribution in [2.75, 3.05) is 11.6 Å². The molecule has 0 atom stereocenters. The summed E-state index contributed by atoms with van der Waals surface area (Å²) in [4.78, 5) is 4.53. The molecule has 1 aromatic carbocycles. The number of nitrogens with two attached hydrogens (primary N) is 2. The molecule has 0 aliphatic carbocycles. The molecule has 0 fully saturated rings. The van der Waals surface area contributed by atoms with Gasteiger partial charge in [0.2, 0.25) is 0 Å². The lowest BCUT2D eigenvalue weighted by Crippen LogP contribution is -2.24. The number of nitrogen functional groups attached to an aromatic ring is 2. The van der Waals surface area contributed by atoms with Crippen LogP contribution in [0.5, 0.6) is 0 Å². The van der Waals surface area contributed by atoms with Crippen LogP contribution in [0.3, 0.4) is 0 Å². The lowest BCUT2D eigenvalue weighted by atomic mass is 9.96. The van der Waals surface area contributed by atoms with Crippen LogP contribution in [0.2, 0.25) is 0 Å². The second-order valence-corrected chi connectivity index (χ2v) is 5.75. The molecule has 0 aliphatic heterocycles. The monoisotopic (exact) mass is 262 g/mol. The van der Waals surface area contributed by atoms with E-state index in [1.165, 1.54) is 16.8 Å². The van der Waals surface area contributed by atoms with Gasteiger partial charge in [-0.2, -0.15) is 0 Å². The molecular formula is C14H19FN4. The van der Waals surface area contributed by atoms with Crippen LogP contribution in [0.4, 0.5) is 10.2 Å². The Morgan fingerprint density at radius 2 is 1.89 bits per heavy atom. The molecule has 2 aromatic rings. The maximum Gasteiger partial charge on any atom is 0.150 e. The van der Waals surface area contributed by atoms with Crippen molar-refractivity contribution in [2.24, 2.45) is 0 Å². The minimum absolute atomic E-state index is 0.213. The topological polar surface area (TPSA) is 69.9 Å². The summed E-state index contributed by atoms with van der Waals surface area (Å²) in [5.41, 5.74) is 7.99. The fourth-order valence-electron chi connectivity index (χ4n) is 2.07. The van der Waals surface area contributed by atoms with Crippen molar-refractivity contribution < 1.29 is 4.39 Å². The smallest absolute Gasteiger partial charge is 0.150 e. The van der Waals surface area contributed by atoms with E-state index in [0.717, 1.165) is 11.1 Å². The average molecular weight is 262 g/mol. The molecule has 4 nitrogen and oxygen atoms in total. The van der Waals surface area contributed by atoms with Gasteiger partial charge in [-0.1, -0.05) is 20.8 Å². The zero-order valence-electron chi connectivity index (χ0n) is 11.7. The van der Waals surface area contributed by atoms with Crippen LogP contribution in [0.1, 0.15) is 32.2 Å². The van der Waals surface area contributed by atoms with Gasteiger partial charge in [0, 0.05) is 11.0 Å². The van der Waals surface area contributed by atoms with E-state index in [-0.39, 0.29) is 11.2 Å². The second-order valence-electron chi connectivity index (χ2n) is 5.75. The van der Waals surface area contributed by atoms with Crippen LogP contribution >= 0.6 is 0 Å². The molecule has 0 amide bonds. The summed E-state index contributed by atoms with van der Waals surface area (Å²) in [6.07, 6.45) is 0. The number of imidazole rings is 1. The van der Waals surface area contributed by atoms with Gasteiger partial charge in [0.05, 0.1) is 0 Å². The summed E-state index contributed by atoms with van der Waals surface area (Å²) in [6, 6.07) is 4.53. The second kappa shape index (κ2) is 4.26. The quantitative estimate of drug-likeness (QED) is 0.776. The van der Waals surface area contributed by atoms with Gasteiger partial charge >= 0.3 is 0 Å². The zero-order valence-corrected chi connectivity index (χ0v) is 11.7. The molecule has 2 rings (SSSR count). The van der Waals surface area contributed by atoms with Crippen LogP contribution in [-0.4, -0.2) is 9.66 Å². The maximum atomic E-state index is 13.2. The van der Waals surface area contributed by atoms with Gasteiger partial charge < -0.3 is 11.6 Å². The zero-order chi connectivity index (χ0) is 14.4. The molecule has 4 N–H and O–H groups in total. The third-order valence-corrected chi connectivity index (χ3v) is 3.06. The van der Waals surface area contributed by atoms with E-state index in [9.17, 15) is 4.39 Å². The molecular weight excluding hydrogens is 243 g/mol. The fraction of sp³-hybridized carbons (Fsp3) is 0.357. The van der Waals surface area contributed by atoms with Gasteiger partial charge in [-0.25, -0.2) is 14.1 Å². The van der Waals surface area contributed by atoms with E-state index in [1.54, 1.807) is 6.07 Å². The van der Waals surface area contributed by atoms with Crippen LogP contribution < -0.4 is 11.6 Å². The van der Waals surface area contributed by atoms with Gasteiger partial charge in [-0.3, -0.25) is 0 Å². The molecule has 1 heterocycles. The normalized spacial score (nSPS) is 11.8.